The molecule has 0 spiro atoms. The van der Waals surface area contributed by atoms with Crippen molar-refractivity contribution in [1.82, 2.24) is 5.32 Å². The van der Waals surface area contributed by atoms with Gasteiger partial charge in [0.15, 0.2) is 0 Å². The van der Waals surface area contributed by atoms with E-state index in [1.807, 2.05) is 18.2 Å². The minimum absolute atomic E-state index is 0.237. The molecule has 0 fully saturated rings. The van der Waals surface area contributed by atoms with Crippen LogP contribution >= 0.6 is 0 Å². The summed E-state index contributed by atoms with van der Waals surface area (Å²) in [5, 5.41) is 12.7. The smallest absolute Gasteiger partial charge is 0.115 e. The lowest BCUT2D eigenvalue weighted by atomic mass is 10.1. The molecule has 1 heterocycles. The molecule has 0 saturated carbocycles. The summed E-state index contributed by atoms with van der Waals surface area (Å²) in [5.74, 6) is 0.301. The zero-order valence-corrected chi connectivity index (χ0v) is 9.18. The number of phenolic OH excluding ortho intramolecular Hbond substituents is 1. The van der Waals surface area contributed by atoms with Crippen LogP contribution in [0.15, 0.2) is 47.3 Å². The maximum absolute atomic E-state index is 9.32. The molecule has 3 nitrogen and oxygen atoms in total. The zero-order chi connectivity index (χ0) is 11.4. The summed E-state index contributed by atoms with van der Waals surface area (Å²) in [7, 11) is 0. The number of nitrogens with one attached hydrogen (secondary N) is 1. The summed E-state index contributed by atoms with van der Waals surface area (Å²) < 4.78 is 5.03. The highest BCUT2D eigenvalue weighted by atomic mass is 16.3. The topological polar surface area (TPSA) is 45.4 Å². The Labute approximate surface area is 94.7 Å². The van der Waals surface area contributed by atoms with Crippen LogP contribution in [0.2, 0.25) is 0 Å². The van der Waals surface area contributed by atoms with E-state index in [9.17, 15) is 5.11 Å². The van der Waals surface area contributed by atoms with Crippen LogP contribution in [-0.2, 0) is 6.54 Å². The molecule has 0 aliphatic rings. The Hall–Kier alpha value is -1.74. The first kappa shape index (κ1) is 10.8. The van der Waals surface area contributed by atoms with Crippen LogP contribution < -0.4 is 5.32 Å². The molecule has 2 rings (SSSR count). The number of phenols is 1. The van der Waals surface area contributed by atoms with Crippen molar-refractivity contribution in [2.24, 2.45) is 0 Å². The second kappa shape index (κ2) is 4.86. The Kier molecular flexibility index (Phi) is 3.27. The highest BCUT2D eigenvalue weighted by molar-refractivity contribution is 5.27. The van der Waals surface area contributed by atoms with Gasteiger partial charge in [-0.3, -0.25) is 0 Å². The maximum Gasteiger partial charge on any atom is 0.115 e. The van der Waals surface area contributed by atoms with Gasteiger partial charge in [-0.05, 0) is 30.7 Å². The molecular weight excluding hydrogens is 202 g/mol. The summed E-state index contributed by atoms with van der Waals surface area (Å²) >= 11 is 0. The fourth-order valence-electron chi connectivity index (χ4n) is 1.58. The van der Waals surface area contributed by atoms with E-state index in [4.69, 9.17) is 4.42 Å². The Bertz CT molecular complexity index is 437. The predicted molar refractivity (Wildman–Crippen MR) is 62.1 cm³/mol. The number of hydrogen-bond acceptors (Lipinski definition) is 3. The van der Waals surface area contributed by atoms with Gasteiger partial charge in [-0.25, -0.2) is 0 Å². The van der Waals surface area contributed by atoms with Crippen LogP contribution in [0.5, 0.6) is 5.75 Å². The summed E-state index contributed by atoms with van der Waals surface area (Å²) in [5.41, 5.74) is 2.19. The molecule has 3 heteroatoms. The van der Waals surface area contributed by atoms with Gasteiger partial charge in [0, 0.05) is 18.2 Å². The number of furan rings is 1. The van der Waals surface area contributed by atoms with Crippen molar-refractivity contribution in [2.45, 2.75) is 19.5 Å². The SMILES string of the molecule is CC(NCc1cccc(O)c1)c1ccoc1. The zero-order valence-electron chi connectivity index (χ0n) is 9.18. The summed E-state index contributed by atoms with van der Waals surface area (Å²) in [6, 6.07) is 9.43. The van der Waals surface area contributed by atoms with Gasteiger partial charge in [0.1, 0.15) is 5.75 Å². The molecule has 84 valence electrons. The molecule has 2 N–H and O–H groups in total. The Morgan fingerprint density at radius 3 is 2.94 bits per heavy atom. The third-order valence-corrected chi connectivity index (χ3v) is 2.57. The fraction of sp³-hybridized carbons (Fsp3) is 0.231. The van der Waals surface area contributed by atoms with Crippen LogP contribution in [0.1, 0.15) is 24.1 Å². The highest BCUT2D eigenvalue weighted by Crippen LogP contribution is 2.15. The monoisotopic (exact) mass is 217 g/mol. The molecule has 16 heavy (non-hydrogen) atoms. The van der Waals surface area contributed by atoms with E-state index in [-0.39, 0.29) is 6.04 Å². The number of aromatic hydroxyl groups is 1. The Morgan fingerprint density at radius 1 is 1.38 bits per heavy atom. The number of benzene rings is 1. The van der Waals surface area contributed by atoms with E-state index >= 15 is 0 Å². The molecular formula is C13H15NO2. The number of rotatable bonds is 4. The molecule has 1 aromatic carbocycles. The molecule has 0 aliphatic carbocycles. The molecule has 0 aliphatic heterocycles. The van der Waals surface area contributed by atoms with Crippen molar-refractivity contribution in [3.8, 4) is 5.75 Å². The van der Waals surface area contributed by atoms with Gasteiger partial charge in [-0.2, -0.15) is 0 Å². The second-order valence-electron chi connectivity index (χ2n) is 3.83. The average molecular weight is 217 g/mol. The van der Waals surface area contributed by atoms with Crippen LogP contribution in [0.4, 0.5) is 0 Å². The van der Waals surface area contributed by atoms with Gasteiger partial charge in [0.25, 0.3) is 0 Å². The van der Waals surface area contributed by atoms with Crippen molar-refractivity contribution < 1.29 is 9.52 Å². The highest BCUT2D eigenvalue weighted by Gasteiger charge is 2.05. The van der Waals surface area contributed by atoms with Gasteiger partial charge >= 0.3 is 0 Å². The lowest BCUT2D eigenvalue weighted by Crippen LogP contribution is -2.17. The lowest BCUT2D eigenvalue weighted by Gasteiger charge is -2.11. The van der Waals surface area contributed by atoms with E-state index < -0.39 is 0 Å². The van der Waals surface area contributed by atoms with E-state index in [1.165, 1.54) is 0 Å². The van der Waals surface area contributed by atoms with Crippen molar-refractivity contribution in [3.63, 3.8) is 0 Å². The summed E-state index contributed by atoms with van der Waals surface area (Å²) in [6.07, 6.45) is 3.40. The first-order chi connectivity index (χ1) is 7.75. The minimum Gasteiger partial charge on any atom is -0.508 e. The molecule has 1 unspecified atom stereocenters. The van der Waals surface area contributed by atoms with E-state index in [1.54, 1.807) is 24.7 Å². The largest absolute Gasteiger partial charge is 0.508 e. The first-order valence-electron chi connectivity index (χ1n) is 5.29. The molecule has 0 bridgehead atoms. The molecule has 0 radical (unpaired) electrons. The molecule has 1 aromatic heterocycles. The van der Waals surface area contributed by atoms with Crippen molar-refractivity contribution >= 4 is 0 Å². The molecule has 0 amide bonds. The van der Waals surface area contributed by atoms with Crippen LogP contribution in [-0.4, -0.2) is 5.11 Å². The van der Waals surface area contributed by atoms with Gasteiger partial charge in [-0.15, -0.1) is 0 Å². The molecule has 0 saturated heterocycles. The van der Waals surface area contributed by atoms with Crippen LogP contribution in [0, 0.1) is 0 Å². The molecule has 2 aromatic rings. The standard InChI is InChI=1S/C13H15NO2/c1-10(12-5-6-16-9-12)14-8-11-3-2-4-13(15)7-11/h2-7,9-10,14-15H,8H2,1H3. The fourth-order valence-corrected chi connectivity index (χ4v) is 1.58. The van der Waals surface area contributed by atoms with Gasteiger partial charge < -0.3 is 14.8 Å². The lowest BCUT2D eigenvalue weighted by molar-refractivity contribution is 0.473. The van der Waals surface area contributed by atoms with Gasteiger partial charge in [-0.1, -0.05) is 12.1 Å². The quantitative estimate of drug-likeness (QED) is 0.827. The van der Waals surface area contributed by atoms with E-state index in [2.05, 4.69) is 12.2 Å². The first-order valence-corrected chi connectivity index (χ1v) is 5.29. The van der Waals surface area contributed by atoms with Crippen molar-refractivity contribution in [2.75, 3.05) is 0 Å². The summed E-state index contributed by atoms with van der Waals surface area (Å²) in [6.45, 7) is 2.80. The third-order valence-electron chi connectivity index (χ3n) is 2.57. The van der Waals surface area contributed by atoms with E-state index in [0.29, 0.717) is 5.75 Å². The normalized spacial score (nSPS) is 12.6. The summed E-state index contributed by atoms with van der Waals surface area (Å²) in [4.78, 5) is 0. The van der Waals surface area contributed by atoms with E-state index in [0.717, 1.165) is 17.7 Å². The van der Waals surface area contributed by atoms with Crippen molar-refractivity contribution in [3.05, 3.63) is 54.0 Å². The Morgan fingerprint density at radius 2 is 2.25 bits per heavy atom. The number of hydrogen-bond donors (Lipinski definition) is 2. The van der Waals surface area contributed by atoms with Crippen LogP contribution in [0.25, 0.3) is 0 Å². The minimum atomic E-state index is 0.237. The third kappa shape index (κ3) is 2.64. The molecule has 1 atom stereocenters. The van der Waals surface area contributed by atoms with Gasteiger partial charge in [0.2, 0.25) is 0 Å². The second-order valence-corrected chi connectivity index (χ2v) is 3.83. The maximum atomic E-state index is 9.32. The Balaban J connectivity index is 1.92. The van der Waals surface area contributed by atoms with Crippen molar-refractivity contribution in [1.29, 1.82) is 0 Å². The van der Waals surface area contributed by atoms with Crippen LogP contribution in [0.3, 0.4) is 0 Å². The predicted octanol–water partition coefficient (Wildman–Crippen LogP) is 2.84. The average Bonchev–Trinajstić information content (AvgIpc) is 2.79. The van der Waals surface area contributed by atoms with Gasteiger partial charge in [0.05, 0.1) is 12.5 Å².